The fraction of sp³-hybridized carbons (Fsp3) is 0.364. The molecule has 33 heavy (non-hydrogen) atoms. The summed E-state index contributed by atoms with van der Waals surface area (Å²) in [7, 11) is 1.52. The van der Waals surface area contributed by atoms with Crippen molar-refractivity contribution in [3.05, 3.63) is 46.6 Å². The number of aromatic nitrogens is 2. The number of fused-ring (bicyclic) bond motifs is 1. The largest absolute Gasteiger partial charge is 0.474 e. The number of nitrogens with zero attached hydrogens (tertiary/aromatic N) is 4. The summed E-state index contributed by atoms with van der Waals surface area (Å²) in [6.07, 6.45) is 0.934. The molecular weight excluding hydrogens is 466 g/mol. The zero-order chi connectivity index (χ0) is 23.5. The second-order valence-electron chi connectivity index (χ2n) is 7.69. The predicted molar refractivity (Wildman–Crippen MR) is 126 cm³/mol. The van der Waals surface area contributed by atoms with Crippen LogP contribution in [-0.4, -0.2) is 70.5 Å². The normalized spacial score (nSPS) is 17.4. The minimum absolute atomic E-state index is 0.176. The molecule has 3 aromatic rings. The zero-order valence-electron chi connectivity index (χ0n) is 18.2. The Labute approximate surface area is 200 Å². The van der Waals surface area contributed by atoms with E-state index in [1.165, 1.54) is 29.7 Å². The molecule has 1 aromatic carbocycles. The second-order valence-corrected chi connectivity index (χ2v) is 9.37. The van der Waals surface area contributed by atoms with E-state index < -0.39 is 12.1 Å². The van der Waals surface area contributed by atoms with E-state index >= 15 is 0 Å². The zero-order valence-corrected chi connectivity index (χ0v) is 19.8. The Morgan fingerprint density at radius 3 is 2.85 bits per heavy atom. The van der Waals surface area contributed by atoms with Crippen molar-refractivity contribution in [2.24, 2.45) is 0 Å². The molecule has 0 spiro atoms. The van der Waals surface area contributed by atoms with Gasteiger partial charge in [0, 0.05) is 32.1 Å². The maximum Gasteiger partial charge on any atom is 0.261 e. The van der Waals surface area contributed by atoms with Crippen molar-refractivity contribution < 1.29 is 19.1 Å². The van der Waals surface area contributed by atoms with E-state index in [9.17, 15) is 9.59 Å². The summed E-state index contributed by atoms with van der Waals surface area (Å²) in [5, 5.41) is 1.32. The second kappa shape index (κ2) is 9.90. The number of methoxy groups -OCH3 is 1. The molecule has 1 saturated heterocycles. The number of halogens is 1. The van der Waals surface area contributed by atoms with Crippen molar-refractivity contribution in [1.29, 1.82) is 0 Å². The SMILES string of the molecule is CO[C@H](C)[C@H]1C(=O)N(Cc2ccc3c(N)ncnc3c2)CCN1C(=O)COc1ccc(Cl)s1. The number of nitrogens with two attached hydrogens (primary N) is 1. The molecule has 2 amide bonds. The summed E-state index contributed by atoms with van der Waals surface area (Å²) >= 11 is 7.16. The van der Waals surface area contributed by atoms with Crippen molar-refractivity contribution in [3.63, 3.8) is 0 Å². The number of nitrogen functional groups attached to an aromatic ring is 1. The Kier molecular flexibility index (Phi) is 6.96. The molecule has 3 heterocycles. The summed E-state index contributed by atoms with van der Waals surface area (Å²) in [6, 6.07) is 8.32. The van der Waals surface area contributed by atoms with Gasteiger partial charge in [-0.25, -0.2) is 9.97 Å². The van der Waals surface area contributed by atoms with Crippen molar-refractivity contribution in [2.45, 2.75) is 25.6 Å². The number of benzene rings is 1. The standard InChI is InChI=1S/C22H24ClN5O4S/c1-13(31-2)20-22(30)27(10-14-3-4-15-16(9-14)25-12-26-21(15)24)7-8-28(20)18(29)11-32-19-6-5-17(23)33-19/h3-6,9,12-13,20H,7-8,10-11H2,1-2H3,(H2,24,25,26)/t13-,20+/m1/s1. The number of rotatable bonds is 7. The number of amides is 2. The lowest BCUT2D eigenvalue weighted by Crippen LogP contribution is -2.62. The van der Waals surface area contributed by atoms with E-state index in [2.05, 4.69) is 9.97 Å². The van der Waals surface area contributed by atoms with Gasteiger partial charge in [-0.05, 0) is 36.8 Å². The van der Waals surface area contributed by atoms with Gasteiger partial charge in [-0.1, -0.05) is 29.0 Å². The van der Waals surface area contributed by atoms with E-state index in [0.717, 1.165) is 10.9 Å². The van der Waals surface area contributed by atoms with Crippen LogP contribution < -0.4 is 10.5 Å². The molecule has 1 fully saturated rings. The van der Waals surface area contributed by atoms with E-state index in [1.54, 1.807) is 24.0 Å². The Morgan fingerprint density at radius 2 is 2.12 bits per heavy atom. The lowest BCUT2D eigenvalue weighted by Gasteiger charge is -2.42. The van der Waals surface area contributed by atoms with Gasteiger partial charge in [-0.2, -0.15) is 0 Å². The van der Waals surface area contributed by atoms with Crippen molar-refractivity contribution in [2.75, 3.05) is 32.5 Å². The lowest BCUT2D eigenvalue weighted by atomic mass is 10.0. The summed E-state index contributed by atoms with van der Waals surface area (Å²) in [5.74, 6) is -0.0412. The number of hydrogen-bond acceptors (Lipinski definition) is 8. The van der Waals surface area contributed by atoms with Crippen LogP contribution in [0.1, 0.15) is 12.5 Å². The predicted octanol–water partition coefficient (Wildman–Crippen LogP) is 2.58. The Hall–Kier alpha value is -2.95. The Morgan fingerprint density at radius 1 is 1.30 bits per heavy atom. The van der Waals surface area contributed by atoms with Gasteiger partial charge in [0.05, 0.1) is 16.0 Å². The van der Waals surface area contributed by atoms with Crippen molar-refractivity contribution in [1.82, 2.24) is 19.8 Å². The summed E-state index contributed by atoms with van der Waals surface area (Å²) in [5.41, 5.74) is 7.53. The first-order valence-corrected chi connectivity index (χ1v) is 11.5. The molecule has 0 radical (unpaired) electrons. The molecule has 0 aliphatic carbocycles. The third-order valence-corrected chi connectivity index (χ3v) is 6.78. The maximum atomic E-state index is 13.4. The quantitative estimate of drug-likeness (QED) is 0.543. The van der Waals surface area contributed by atoms with Gasteiger partial charge in [-0.15, -0.1) is 0 Å². The van der Waals surface area contributed by atoms with E-state index in [1.807, 2.05) is 18.2 Å². The third-order valence-electron chi connectivity index (χ3n) is 5.64. The fourth-order valence-electron chi connectivity index (χ4n) is 3.85. The van der Waals surface area contributed by atoms with E-state index in [-0.39, 0.29) is 18.4 Å². The molecule has 2 aromatic heterocycles. The third kappa shape index (κ3) is 5.02. The van der Waals surface area contributed by atoms with Crippen LogP contribution in [0.5, 0.6) is 5.06 Å². The topological polar surface area (TPSA) is 111 Å². The van der Waals surface area contributed by atoms with Crippen LogP contribution in [0.15, 0.2) is 36.7 Å². The van der Waals surface area contributed by atoms with Gasteiger partial charge >= 0.3 is 0 Å². The van der Waals surface area contributed by atoms with Crippen molar-refractivity contribution in [3.8, 4) is 5.06 Å². The van der Waals surface area contributed by atoms with Crippen LogP contribution in [0.25, 0.3) is 10.9 Å². The molecule has 9 nitrogen and oxygen atoms in total. The monoisotopic (exact) mass is 489 g/mol. The highest BCUT2D eigenvalue weighted by Crippen LogP contribution is 2.28. The summed E-state index contributed by atoms with van der Waals surface area (Å²) in [6.45, 7) is 2.76. The van der Waals surface area contributed by atoms with Gasteiger partial charge in [0.1, 0.15) is 18.2 Å². The summed E-state index contributed by atoms with van der Waals surface area (Å²) < 4.78 is 11.6. The lowest BCUT2D eigenvalue weighted by molar-refractivity contribution is -0.159. The highest BCUT2D eigenvalue weighted by Gasteiger charge is 2.41. The van der Waals surface area contributed by atoms with Gasteiger partial charge in [0.15, 0.2) is 11.7 Å². The Balaban J connectivity index is 1.48. The van der Waals surface area contributed by atoms with Crippen molar-refractivity contribution >= 4 is 51.5 Å². The number of ether oxygens (including phenoxy) is 2. The average Bonchev–Trinajstić information content (AvgIpc) is 3.23. The first-order valence-electron chi connectivity index (χ1n) is 10.4. The molecule has 1 aliphatic rings. The molecule has 2 N–H and O–H groups in total. The summed E-state index contributed by atoms with van der Waals surface area (Å²) in [4.78, 5) is 37.8. The Bertz CT molecular complexity index is 1170. The first-order chi connectivity index (χ1) is 15.9. The molecule has 11 heteroatoms. The average molecular weight is 490 g/mol. The fourth-order valence-corrected chi connectivity index (χ4v) is 4.72. The van der Waals surface area contributed by atoms with Crippen LogP contribution in [0.4, 0.5) is 5.82 Å². The van der Waals surface area contributed by atoms with Gasteiger partial charge < -0.3 is 25.0 Å². The van der Waals surface area contributed by atoms with Gasteiger partial charge in [0.2, 0.25) is 5.91 Å². The van der Waals surface area contributed by atoms with Crippen LogP contribution in [-0.2, 0) is 20.9 Å². The molecule has 1 aliphatic heterocycles. The first kappa shape index (κ1) is 23.2. The number of piperazine rings is 1. The number of hydrogen-bond donors (Lipinski definition) is 1. The molecule has 0 unspecified atom stereocenters. The van der Waals surface area contributed by atoms with E-state index in [4.69, 9.17) is 26.8 Å². The van der Waals surface area contributed by atoms with Crippen LogP contribution in [0.2, 0.25) is 4.34 Å². The number of carbonyl (C=O) groups excluding carboxylic acids is 2. The number of thiophene rings is 1. The van der Waals surface area contributed by atoms with Crippen LogP contribution >= 0.6 is 22.9 Å². The minimum Gasteiger partial charge on any atom is -0.474 e. The van der Waals surface area contributed by atoms with Gasteiger partial charge in [0.25, 0.3) is 5.91 Å². The van der Waals surface area contributed by atoms with Gasteiger partial charge in [-0.3, -0.25) is 9.59 Å². The smallest absolute Gasteiger partial charge is 0.261 e. The highest BCUT2D eigenvalue weighted by molar-refractivity contribution is 7.17. The highest BCUT2D eigenvalue weighted by atomic mass is 35.5. The van der Waals surface area contributed by atoms with Crippen LogP contribution in [0.3, 0.4) is 0 Å². The number of carbonyl (C=O) groups is 2. The molecule has 2 atom stereocenters. The van der Waals surface area contributed by atoms with E-state index in [0.29, 0.717) is 40.4 Å². The molecular formula is C22H24ClN5O4S. The molecule has 0 saturated carbocycles. The molecule has 0 bridgehead atoms. The maximum absolute atomic E-state index is 13.4. The van der Waals surface area contributed by atoms with Crippen LogP contribution in [0, 0.1) is 0 Å². The minimum atomic E-state index is -0.745. The number of anilines is 1. The molecule has 174 valence electrons. The molecule has 4 rings (SSSR count).